The summed E-state index contributed by atoms with van der Waals surface area (Å²) in [5.41, 5.74) is -1.28. The number of carboxylic acids is 1. The first kappa shape index (κ1) is 10.7. The molecule has 72 valence electrons. The predicted molar refractivity (Wildman–Crippen MR) is 53.8 cm³/mol. The maximum atomic E-state index is 10.4. The molecule has 0 saturated carbocycles. The van der Waals surface area contributed by atoms with E-state index in [0.717, 1.165) is 3.79 Å². The van der Waals surface area contributed by atoms with Crippen LogP contribution in [-0.2, 0) is 10.4 Å². The Bertz CT molecular complexity index is 319. The molecule has 0 fully saturated rings. The smallest absolute Gasteiger partial charge is 0.306 e. The van der Waals surface area contributed by atoms with Crippen molar-refractivity contribution < 1.29 is 15.0 Å². The molecule has 1 atom stereocenters. The average Bonchev–Trinajstić information content (AvgIpc) is 2.32. The number of carboxylic acid groups (broad SMARTS) is 1. The third-order valence-electron chi connectivity index (χ3n) is 1.60. The van der Waals surface area contributed by atoms with Crippen LogP contribution in [0.3, 0.4) is 0 Å². The predicted octanol–water partition coefficient (Wildman–Crippen LogP) is 2.19. The third kappa shape index (κ3) is 2.79. The lowest BCUT2D eigenvalue weighted by Gasteiger charge is -2.18. The van der Waals surface area contributed by atoms with Gasteiger partial charge in [0.25, 0.3) is 0 Å². The van der Waals surface area contributed by atoms with Gasteiger partial charge in [0.05, 0.1) is 10.2 Å². The summed E-state index contributed by atoms with van der Waals surface area (Å²) in [6.45, 7) is 1.50. The molecule has 1 unspecified atom stereocenters. The quantitative estimate of drug-likeness (QED) is 0.880. The molecule has 0 aliphatic carbocycles. The van der Waals surface area contributed by atoms with Gasteiger partial charge in [-0.3, -0.25) is 4.79 Å². The molecule has 3 nitrogen and oxygen atoms in total. The van der Waals surface area contributed by atoms with Crippen LogP contribution in [0.2, 0.25) is 0 Å². The molecule has 0 saturated heterocycles. The summed E-state index contributed by atoms with van der Waals surface area (Å²) in [7, 11) is 0. The van der Waals surface area contributed by atoms with Crippen LogP contribution in [-0.4, -0.2) is 16.2 Å². The molecule has 13 heavy (non-hydrogen) atoms. The van der Waals surface area contributed by atoms with Crippen molar-refractivity contribution in [2.45, 2.75) is 18.9 Å². The van der Waals surface area contributed by atoms with Crippen molar-refractivity contribution in [3.8, 4) is 0 Å². The molecule has 0 bridgehead atoms. The molecular formula is C8H9BrO3S. The Morgan fingerprint density at radius 1 is 1.69 bits per heavy atom. The number of aliphatic carboxylic acids is 1. The van der Waals surface area contributed by atoms with Gasteiger partial charge in [-0.2, -0.15) is 0 Å². The van der Waals surface area contributed by atoms with Gasteiger partial charge in [0.15, 0.2) is 0 Å². The van der Waals surface area contributed by atoms with Gasteiger partial charge in [-0.05, 0) is 35.0 Å². The largest absolute Gasteiger partial charge is 0.481 e. The Balaban J connectivity index is 2.86. The third-order valence-corrected chi connectivity index (χ3v) is 3.48. The SMILES string of the molecule is CC(O)(CC(=O)O)c1ccc(Br)s1. The highest BCUT2D eigenvalue weighted by Crippen LogP contribution is 2.33. The van der Waals surface area contributed by atoms with E-state index >= 15 is 0 Å². The monoisotopic (exact) mass is 264 g/mol. The number of rotatable bonds is 3. The second-order valence-corrected chi connectivity index (χ2v) is 5.41. The lowest BCUT2D eigenvalue weighted by Crippen LogP contribution is -2.23. The molecule has 0 aliphatic heterocycles. The van der Waals surface area contributed by atoms with Crippen LogP contribution in [0.4, 0.5) is 0 Å². The number of hydrogen-bond donors (Lipinski definition) is 2. The van der Waals surface area contributed by atoms with E-state index in [0.29, 0.717) is 4.88 Å². The van der Waals surface area contributed by atoms with Crippen LogP contribution < -0.4 is 0 Å². The van der Waals surface area contributed by atoms with Crippen molar-refractivity contribution in [1.29, 1.82) is 0 Å². The molecule has 1 rings (SSSR count). The molecule has 1 aromatic rings. The van der Waals surface area contributed by atoms with Crippen molar-refractivity contribution in [3.63, 3.8) is 0 Å². The number of carbonyl (C=O) groups is 1. The van der Waals surface area contributed by atoms with Gasteiger partial charge in [-0.25, -0.2) is 0 Å². The van der Waals surface area contributed by atoms with Gasteiger partial charge in [-0.15, -0.1) is 11.3 Å². The molecule has 0 aromatic carbocycles. The zero-order valence-electron chi connectivity index (χ0n) is 6.95. The Morgan fingerprint density at radius 2 is 2.31 bits per heavy atom. The summed E-state index contributed by atoms with van der Waals surface area (Å²) in [4.78, 5) is 11.1. The van der Waals surface area contributed by atoms with Crippen LogP contribution in [0.25, 0.3) is 0 Å². The standard InChI is InChI=1S/C8H9BrO3S/c1-8(12,4-7(10)11)5-2-3-6(9)13-5/h2-3,12H,4H2,1H3,(H,10,11). The van der Waals surface area contributed by atoms with E-state index in [1.54, 1.807) is 12.1 Å². The Labute approximate surface area is 88.1 Å². The lowest BCUT2D eigenvalue weighted by molar-refractivity contribution is -0.142. The molecule has 2 N–H and O–H groups in total. The van der Waals surface area contributed by atoms with E-state index in [1.165, 1.54) is 18.3 Å². The Kier molecular flexibility index (Phi) is 3.10. The molecule has 0 radical (unpaired) electrons. The fourth-order valence-electron chi connectivity index (χ4n) is 0.985. The van der Waals surface area contributed by atoms with Crippen LogP contribution in [0, 0.1) is 0 Å². The second kappa shape index (κ2) is 3.77. The van der Waals surface area contributed by atoms with E-state index in [2.05, 4.69) is 15.9 Å². The number of halogens is 1. The van der Waals surface area contributed by atoms with Crippen molar-refractivity contribution in [3.05, 3.63) is 20.8 Å². The van der Waals surface area contributed by atoms with Crippen molar-refractivity contribution >= 4 is 33.2 Å². The van der Waals surface area contributed by atoms with Gasteiger partial charge >= 0.3 is 5.97 Å². The van der Waals surface area contributed by atoms with Gasteiger partial charge in [0.2, 0.25) is 0 Å². The van der Waals surface area contributed by atoms with E-state index in [9.17, 15) is 9.90 Å². The first-order valence-electron chi connectivity index (χ1n) is 3.62. The lowest BCUT2D eigenvalue weighted by atomic mass is 10.0. The number of thiophene rings is 1. The van der Waals surface area contributed by atoms with Crippen molar-refractivity contribution in [1.82, 2.24) is 0 Å². The minimum Gasteiger partial charge on any atom is -0.481 e. The van der Waals surface area contributed by atoms with Crippen LogP contribution >= 0.6 is 27.3 Å². The highest BCUT2D eigenvalue weighted by molar-refractivity contribution is 9.11. The maximum absolute atomic E-state index is 10.4. The highest BCUT2D eigenvalue weighted by Gasteiger charge is 2.27. The maximum Gasteiger partial charge on any atom is 0.306 e. The van der Waals surface area contributed by atoms with E-state index in [1.807, 2.05) is 0 Å². The molecule has 0 spiro atoms. The fraction of sp³-hybridized carbons (Fsp3) is 0.375. The molecular weight excluding hydrogens is 256 g/mol. The molecule has 0 amide bonds. The van der Waals surface area contributed by atoms with E-state index in [4.69, 9.17) is 5.11 Å². The Hall–Kier alpha value is -0.390. The van der Waals surface area contributed by atoms with Crippen molar-refractivity contribution in [2.24, 2.45) is 0 Å². The molecule has 1 aromatic heterocycles. The summed E-state index contributed by atoms with van der Waals surface area (Å²) in [6.07, 6.45) is -0.278. The van der Waals surface area contributed by atoms with Gasteiger partial charge in [-0.1, -0.05) is 0 Å². The zero-order valence-corrected chi connectivity index (χ0v) is 9.35. The average molecular weight is 265 g/mol. The molecule has 5 heteroatoms. The summed E-state index contributed by atoms with van der Waals surface area (Å²) in [6, 6.07) is 3.51. The number of hydrogen-bond acceptors (Lipinski definition) is 3. The van der Waals surface area contributed by atoms with Crippen molar-refractivity contribution in [2.75, 3.05) is 0 Å². The summed E-state index contributed by atoms with van der Waals surface area (Å²) in [5.74, 6) is -1.01. The summed E-state index contributed by atoms with van der Waals surface area (Å²) >= 11 is 4.59. The summed E-state index contributed by atoms with van der Waals surface area (Å²) in [5, 5.41) is 18.3. The van der Waals surface area contributed by atoms with Gasteiger partial charge < -0.3 is 10.2 Å². The topological polar surface area (TPSA) is 57.5 Å². The summed E-state index contributed by atoms with van der Waals surface area (Å²) < 4.78 is 0.883. The zero-order chi connectivity index (χ0) is 10.1. The van der Waals surface area contributed by atoms with Crippen LogP contribution in [0.1, 0.15) is 18.2 Å². The molecule has 1 heterocycles. The second-order valence-electron chi connectivity index (χ2n) is 2.95. The van der Waals surface area contributed by atoms with E-state index < -0.39 is 11.6 Å². The van der Waals surface area contributed by atoms with Crippen LogP contribution in [0.5, 0.6) is 0 Å². The minimum atomic E-state index is -1.28. The fourth-order valence-corrected chi connectivity index (χ4v) is 2.41. The highest BCUT2D eigenvalue weighted by atomic mass is 79.9. The first-order chi connectivity index (χ1) is 5.92. The Morgan fingerprint density at radius 3 is 2.69 bits per heavy atom. The van der Waals surface area contributed by atoms with Crippen LogP contribution in [0.15, 0.2) is 15.9 Å². The number of aliphatic hydroxyl groups is 1. The minimum absolute atomic E-state index is 0.278. The van der Waals surface area contributed by atoms with E-state index in [-0.39, 0.29) is 6.42 Å². The van der Waals surface area contributed by atoms with Gasteiger partial charge in [0.1, 0.15) is 5.60 Å². The first-order valence-corrected chi connectivity index (χ1v) is 5.23. The molecule has 0 aliphatic rings. The van der Waals surface area contributed by atoms with Gasteiger partial charge in [0, 0.05) is 4.88 Å². The normalized spacial score (nSPS) is 15.3.